The van der Waals surface area contributed by atoms with Gasteiger partial charge >= 0.3 is 0 Å². The summed E-state index contributed by atoms with van der Waals surface area (Å²) in [6, 6.07) is 16.4. The Labute approximate surface area is 159 Å². The fourth-order valence-electron chi connectivity index (χ4n) is 3.23. The van der Waals surface area contributed by atoms with E-state index in [0.717, 1.165) is 30.8 Å². The number of nitrogens with zero attached hydrogens (tertiary/aromatic N) is 2. The number of rotatable bonds is 7. The fraction of sp³-hybridized carbons (Fsp3) is 0.333. The molecule has 1 saturated heterocycles. The fourth-order valence-corrected chi connectivity index (χ4v) is 3.23. The Kier molecular flexibility index (Phi) is 6.29. The molecule has 1 aliphatic rings. The van der Waals surface area contributed by atoms with Crippen molar-refractivity contribution in [2.24, 2.45) is 0 Å². The molecule has 2 aromatic rings. The first-order valence-electron chi connectivity index (χ1n) is 9.01. The van der Waals surface area contributed by atoms with Crippen molar-refractivity contribution in [3.8, 4) is 17.6 Å². The minimum absolute atomic E-state index is 0.00384. The SMILES string of the molecule is COc1ccc(NC(=O)[C@@H]2CCCN2CCOc2cccc(C#N)c2)cc1. The molecule has 1 aliphatic heterocycles. The van der Waals surface area contributed by atoms with Gasteiger partial charge in [-0.3, -0.25) is 9.69 Å². The second-order valence-electron chi connectivity index (χ2n) is 6.40. The predicted molar refractivity (Wildman–Crippen MR) is 103 cm³/mol. The van der Waals surface area contributed by atoms with E-state index < -0.39 is 0 Å². The average molecular weight is 365 g/mol. The topological polar surface area (TPSA) is 74.6 Å². The van der Waals surface area contributed by atoms with Gasteiger partial charge < -0.3 is 14.8 Å². The van der Waals surface area contributed by atoms with E-state index in [1.54, 1.807) is 25.3 Å². The van der Waals surface area contributed by atoms with Crippen LogP contribution in [0.1, 0.15) is 18.4 Å². The van der Waals surface area contributed by atoms with Crippen LogP contribution in [0.5, 0.6) is 11.5 Å². The Bertz CT molecular complexity index is 814. The normalized spacial score (nSPS) is 16.5. The molecule has 0 radical (unpaired) electrons. The van der Waals surface area contributed by atoms with Crippen LogP contribution in [0.25, 0.3) is 0 Å². The van der Waals surface area contributed by atoms with E-state index in [4.69, 9.17) is 14.7 Å². The number of anilines is 1. The zero-order valence-corrected chi connectivity index (χ0v) is 15.4. The van der Waals surface area contributed by atoms with Crippen molar-refractivity contribution < 1.29 is 14.3 Å². The lowest BCUT2D eigenvalue weighted by Crippen LogP contribution is -2.41. The third kappa shape index (κ3) is 4.99. The minimum atomic E-state index is -0.152. The Hall–Kier alpha value is -3.04. The van der Waals surface area contributed by atoms with Gasteiger partial charge in [0.05, 0.1) is 24.8 Å². The van der Waals surface area contributed by atoms with Crippen molar-refractivity contribution in [1.29, 1.82) is 5.26 Å². The summed E-state index contributed by atoms with van der Waals surface area (Å²) >= 11 is 0. The summed E-state index contributed by atoms with van der Waals surface area (Å²) in [6.45, 7) is 2.01. The highest BCUT2D eigenvalue weighted by Crippen LogP contribution is 2.21. The molecule has 6 heteroatoms. The van der Waals surface area contributed by atoms with Gasteiger partial charge in [0.1, 0.15) is 18.1 Å². The summed E-state index contributed by atoms with van der Waals surface area (Å²) in [5.41, 5.74) is 1.34. The molecule has 1 heterocycles. The molecule has 1 fully saturated rings. The van der Waals surface area contributed by atoms with Crippen molar-refractivity contribution in [2.45, 2.75) is 18.9 Å². The van der Waals surface area contributed by atoms with Crippen LogP contribution in [-0.4, -0.2) is 43.7 Å². The molecule has 0 aromatic heterocycles. The molecule has 140 valence electrons. The van der Waals surface area contributed by atoms with Gasteiger partial charge in [-0.1, -0.05) is 6.07 Å². The standard InChI is InChI=1S/C21H23N3O3/c1-26-18-9-7-17(8-10-18)23-21(25)20-6-3-11-24(20)12-13-27-19-5-2-4-16(14-19)15-22/h2,4-5,7-10,14,20H,3,6,11-13H2,1H3,(H,23,25)/t20-/m0/s1. The van der Waals surface area contributed by atoms with Crippen molar-refractivity contribution in [3.05, 3.63) is 54.1 Å². The van der Waals surface area contributed by atoms with Gasteiger partial charge in [-0.15, -0.1) is 0 Å². The summed E-state index contributed by atoms with van der Waals surface area (Å²) in [6.07, 6.45) is 1.83. The third-order valence-electron chi connectivity index (χ3n) is 4.63. The molecule has 2 aromatic carbocycles. The van der Waals surface area contributed by atoms with E-state index in [1.165, 1.54) is 0 Å². The van der Waals surface area contributed by atoms with E-state index in [2.05, 4.69) is 16.3 Å². The Morgan fingerprint density at radius 1 is 1.26 bits per heavy atom. The van der Waals surface area contributed by atoms with Crippen LogP contribution in [0.15, 0.2) is 48.5 Å². The molecular formula is C21H23N3O3. The van der Waals surface area contributed by atoms with Crippen molar-refractivity contribution in [1.82, 2.24) is 4.90 Å². The van der Waals surface area contributed by atoms with Crippen molar-refractivity contribution >= 4 is 11.6 Å². The van der Waals surface area contributed by atoms with E-state index in [9.17, 15) is 4.79 Å². The Balaban J connectivity index is 1.51. The van der Waals surface area contributed by atoms with E-state index in [0.29, 0.717) is 24.5 Å². The van der Waals surface area contributed by atoms with Crippen LogP contribution >= 0.6 is 0 Å². The molecule has 6 nitrogen and oxygen atoms in total. The second kappa shape index (κ2) is 9.06. The van der Waals surface area contributed by atoms with Crippen LogP contribution in [0.4, 0.5) is 5.69 Å². The molecule has 1 amide bonds. The molecule has 3 rings (SSSR count). The molecule has 0 unspecified atom stereocenters. The second-order valence-corrected chi connectivity index (χ2v) is 6.40. The van der Waals surface area contributed by atoms with Gasteiger partial charge in [-0.2, -0.15) is 5.26 Å². The molecule has 0 bridgehead atoms. The van der Waals surface area contributed by atoms with Gasteiger partial charge in [0, 0.05) is 12.2 Å². The number of methoxy groups -OCH3 is 1. The monoisotopic (exact) mass is 365 g/mol. The Morgan fingerprint density at radius 3 is 2.81 bits per heavy atom. The number of hydrogen-bond acceptors (Lipinski definition) is 5. The number of likely N-dealkylation sites (tertiary alicyclic amines) is 1. The summed E-state index contributed by atoms with van der Waals surface area (Å²) in [5, 5.41) is 11.9. The molecule has 0 saturated carbocycles. The summed E-state index contributed by atoms with van der Waals surface area (Å²) in [7, 11) is 1.61. The van der Waals surface area contributed by atoms with Crippen LogP contribution in [0, 0.1) is 11.3 Å². The summed E-state index contributed by atoms with van der Waals surface area (Å²) in [4.78, 5) is 14.8. The van der Waals surface area contributed by atoms with Gasteiger partial charge in [0.2, 0.25) is 5.91 Å². The van der Waals surface area contributed by atoms with Crippen LogP contribution < -0.4 is 14.8 Å². The van der Waals surface area contributed by atoms with Gasteiger partial charge in [-0.25, -0.2) is 0 Å². The zero-order chi connectivity index (χ0) is 19.1. The highest BCUT2D eigenvalue weighted by Gasteiger charge is 2.30. The first-order valence-corrected chi connectivity index (χ1v) is 9.01. The number of amides is 1. The third-order valence-corrected chi connectivity index (χ3v) is 4.63. The van der Waals surface area contributed by atoms with E-state index in [-0.39, 0.29) is 11.9 Å². The molecule has 1 N–H and O–H groups in total. The molecular weight excluding hydrogens is 342 g/mol. The number of ether oxygens (including phenoxy) is 2. The van der Waals surface area contributed by atoms with Crippen molar-refractivity contribution in [3.63, 3.8) is 0 Å². The van der Waals surface area contributed by atoms with Gasteiger partial charge in [-0.05, 0) is 61.9 Å². The lowest BCUT2D eigenvalue weighted by atomic mass is 10.2. The number of hydrogen-bond donors (Lipinski definition) is 1. The van der Waals surface area contributed by atoms with Crippen LogP contribution in [0.3, 0.4) is 0 Å². The molecule has 0 spiro atoms. The number of carbonyl (C=O) groups is 1. The largest absolute Gasteiger partial charge is 0.497 e. The highest BCUT2D eigenvalue weighted by atomic mass is 16.5. The smallest absolute Gasteiger partial charge is 0.241 e. The first-order chi connectivity index (χ1) is 13.2. The minimum Gasteiger partial charge on any atom is -0.497 e. The van der Waals surface area contributed by atoms with Gasteiger partial charge in [0.15, 0.2) is 0 Å². The lowest BCUT2D eigenvalue weighted by molar-refractivity contribution is -0.120. The quantitative estimate of drug-likeness (QED) is 0.816. The average Bonchev–Trinajstić information content (AvgIpc) is 3.17. The first kappa shape index (κ1) is 18.7. The molecule has 0 aliphatic carbocycles. The maximum atomic E-state index is 12.6. The lowest BCUT2D eigenvalue weighted by Gasteiger charge is -2.23. The number of benzene rings is 2. The number of nitrogens with one attached hydrogen (secondary N) is 1. The van der Waals surface area contributed by atoms with Crippen LogP contribution in [0.2, 0.25) is 0 Å². The number of carbonyl (C=O) groups excluding carboxylic acids is 1. The van der Waals surface area contributed by atoms with Gasteiger partial charge in [0.25, 0.3) is 0 Å². The summed E-state index contributed by atoms with van der Waals surface area (Å²) in [5.74, 6) is 1.43. The van der Waals surface area contributed by atoms with Crippen molar-refractivity contribution in [2.75, 3.05) is 32.1 Å². The van der Waals surface area contributed by atoms with E-state index in [1.807, 2.05) is 30.3 Å². The molecule has 1 atom stereocenters. The Morgan fingerprint density at radius 2 is 2.07 bits per heavy atom. The summed E-state index contributed by atoms with van der Waals surface area (Å²) < 4.78 is 10.9. The maximum Gasteiger partial charge on any atom is 0.241 e. The molecule has 27 heavy (non-hydrogen) atoms. The van der Waals surface area contributed by atoms with Crippen LogP contribution in [-0.2, 0) is 4.79 Å². The predicted octanol–water partition coefficient (Wildman–Crippen LogP) is 3.05. The maximum absolute atomic E-state index is 12.6. The van der Waals surface area contributed by atoms with E-state index >= 15 is 0 Å². The zero-order valence-electron chi connectivity index (χ0n) is 15.4. The number of nitriles is 1. The highest BCUT2D eigenvalue weighted by molar-refractivity contribution is 5.95.